The zero-order valence-electron chi connectivity index (χ0n) is 18.2. The monoisotopic (exact) mass is 408 g/mol. The zero-order chi connectivity index (χ0) is 21.3. The molecule has 160 valence electrons. The Kier molecular flexibility index (Phi) is 5.80. The van der Waals surface area contributed by atoms with Crippen molar-refractivity contribution in [3.8, 4) is 0 Å². The van der Waals surface area contributed by atoms with Crippen LogP contribution in [0.3, 0.4) is 0 Å². The Balaban J connectivity index is 1.46. The summed E-state index contributed by atoms with van der Waals surface area (Å²) >= 11 is 0. The molecule has 0 saturated carbocycles. The lowest BCUT2D eigenvalue weighted by Gasteiger charge is -2.35. The lowest BCUT2D eigenvalue weighted by molar-refractivity contribution is -0.120. The van der Waals surface area contributed by atoms with Gasteiger partial charge >= 0.3 is 0 Å². The molecule has 1 aromatic carbocycles. The highest BCUT2D eigenvalue weighted by Crippen LogP contribution is 2.31. The predicted molar refractivity (Wildman–Crippen MR) is 120 cm³/mol. The van der Waals surface area contributed by atoms with Crippen LogP contribution in [0.15, 0.2) is 42.6 Å². The van der Waals surface area contributed by atoms with E-state index in [4.69, 9.17) is 0 Å². The van der Waals surface area contributed by atoms with E-state index in [0.717, 1.165) is 44.6 Å². The molecule has 1 N–H and O–H groups in total. The highest BCUT2D eigenvalue weighted by Gasteiger charge is 2.34. The van der Waals surface area contributed by atoms with Crippen LogP contribution in [0, 0.1) is 5.92 Å². The smallest absolute Gasteiger partial charge is 0.231 e. The minimum absolute atomic E-state index is 0.0191. The number of nitrogens with zero attached hydrogens (tertiary/aromatic N) is 4. The molecule has 30 heavy (non-hydrogen) atoms. The number of hydrogen-bond donors (Lipinski definition) is 1. The van der Waals surface area contributed by atoms with E-state index in [1.165, 1.54) is 11.3 Å². The molecule has 4 rings (SSSR count). The Bertz CT molecular complexity index is 883. The molecule has 2 fully saturated rings. The maximum absolute atomic E-state index is 13.1. The molecule has 1 amide bonds. The molecule has 2 aliphatic rings. The third-order valence-electron chi connectivity index (χ3n) is 6.35. The molecule has 2 saturated heterocycles. The number of rotatable bonds is 5. The number of amides is 1. The van der Waals surface area contributed by atoms with Crippen LogP contribution in [0.2, 0.25) is 0 Å². The first-order valence-electron chi connectivity index (χ1n) is 10.8. The van der Waals surface area contributed by atoms with Crippen molar-refractivity contribution in [2.24, 2.45) is 5.92 Å². The number of likely N-dealkylation sites (N-methyl/N-ethyl adjacent to an activating group) is 1. The fourth-order valence-electron chi connectivity index (χ4n) is 4.37. The first-order valence-corrected chi connectivity index (χ1v) is 10.8. The molecule has 0 spiro atoms. The summed E-state index contributed by atoms with van der Waals surface area (Å²) in [4.78, 5) is 24.2. The number of aromatic nitrogens is 1. The van der Waals surface area contributed by atoms with Crippen molar-refractivity contribution in [1.82, 2.24) is 9.88 Å². The van der Waals surface area contributed by atoms with Crippen molar-refractivity contribution >= 4 is 17.4 Å². The summed E-state index contributed by atoms with van der Waals surface area (Å²) in [6.45, 7) is 8.34. The van der Waals surface area contributed by atoms with Crippen molar-refractivity contribution in [3.63, 3.8) is 0 Å². The summed E-state index contributed by atoms with van der Waals surface area (Å²) in [6.07, 6.45) is 3.27. The summed E-state index contributed by atoms with van der Waals surface area (Å²) in [5, 5.41) is 10.1. The Labute approximate surface area is 179 Å². The standard InChI is InChI=1S/C24H32N4O2/c1-24(2,30)20-8-9-22(25-17-20)28-11-10-19(23(28)29)16-18-6-4-5-7-21(18)27-14-12-26(3)13-15-27/h4-9,17,19,30H,10-16H2,1-3H3. The highest BCUT2D eigenvalue weighted by atomic mass is 16.3. The van der Waals surface area contributed by atoms with E-state index in [9.17, 15) is 9.90 Å². The van der Waals surface area contributed by atoms with Crippen LogP contribution >= 0.6 is 0 Å². The number of carbonyl (C=O) groups excluding carboxylic acids is 1. The molecule has 1 atom stereocenters. The van der Waals surface area contributed by atoms with E-state index < -0.39 is 5.60 Å². The van der Waals surface area contributed by atoms with Crippen molar-refractivity contribution < 1.29 is 9.90 Å². The normalized spacial score (nSPS) is 20.8. The Hall–Kier alpha value is -2.44. The summed E-state index contributed by atoms with van der Waals surface area (Å²) in [5.41, 5.74) is 2.34. The van der Waals surface area contributed by atoms with Crippen LogP contribution in [0.1, 0.15) is 31.4 Å². The first kappa shape index (κ1) is 20.8. The largest absolute Gasteiger partial charge is 0.386 e. The Morgan fingerprint density at radius 3 is 2.47 bits per heavy atom. The van der Waals surface area contributed by atoms with E-state index >= 15 is 0 Å². The van der Waals surface area contributed by atoms with E-state index in [1.54, 1.807) is 24.9 Å². The highest BCUT2D eigenvalue weighted by molar-refractivity contribution is 5.96. The third kappa shape index (κ3) is 4.35. The van der Waals surface area contributed by atoms with Gasteiger partial charge in [0.15, 0.2) is 0 Å². The van der Waals surface area contributed by atoms with Crippen molar-refractivity contribution in [2.45, 2.75) is 32.3 Å². The van der Waals surface area contributed by atoms with Crippen molar-refractivity contribution in [3.05, 3.63) is 53.7 Å². The number of piperazine rings is 1. The predicted octanol–water partition coefficient (Wildman–Crippen LogP) is 2.66. The van der Waals surface area contributed by atoms with Gasteiger partial charge in [-0.1, -0.05) is 24.3 Å². The summed E-state index contributed by atoms with van der Waals surface area (Å²) < 4.78 is 0. The number of pyridine rings is 1. The van der Waals surface area contributed by atoms with Crippen LogP contribution in [-0.2, 0) is 16.8 Å². The molecule has 1 unspecified atom stereocenters. The minimum atomic E-state index is -0.934. The van der Waals surface area contributed by atoms with E-state index in [2.05, 4.69) is 46.1 Å². The molecule has 6 nitrogen and oxygen atoms in total. The van der Waals surface area contributed by atoms with Crippen LogP contribution in [-0.4, -0.2) is 60.7 Å². The molecule has 1 aromatic heterocycles. The van der Waals surface area contributed by atoms with Gasteiger partial charge in [0.25, 0.3) is 0 Å². The Morgan fingerprint density at radius 2 is 1.80 bits per heavy atom. The first-order chi connectivity index (χ1) is 14.3. The molecule has 0 radical (unpaired) electrons. The van der Waals surface area contributed by atoms with Gasteiger partial charge in [-0.25, -0.2) is 4.98 Å². The molecule has 6 heteroatoms. The average Bonchev–Trinajstić information content (AvgIpc) is 3.09. The van der Waals surface area contributed by atoms with Gasteiger partial charge in [-0.3, -0.25) is 9.69 Å². The van der Waals surface area contributed by atoms with Gasteiger partial charge in [0.05, 0.1) is 5.60 Å². The molecule has 2 aromatic rings. The van der Waals surface area contributed by atoms with Crippen LogP contribution in [0.25, 0.3) is 0 Å². The summed E-state index contributed by atoms with van der Waals surface area (Å²) in [5.74, 6) is 0.795. The van der Waals surface area contributed by atoms with Gasteiger partial charge in [0.2, 0.25) is 5.91 Å². The van der Waals surface area contributed by atoms with Crippen molar-refractivity contribution in [1.29, 1.82) is 0 Å². The van der Waals surface area contributed by atoms with E-state index in [1.807, 2.05) is 12.1 Å². The van der Waals surface area contributed by atoms with Gasteiger partial charge < -0.3 is 14.9 Å². The lowest BCUT2D eigenvalue weighted by Crippen LogP contribution is -2.44. The molecule has 0 aliphatic carbocycles. The molecular formula is C24H32N4O2. The van der Waals surface area contributed by atoms with E-state index in [0.29, 0.717) is 12.4 Å². The second kappa shape index (κ2) is 8.36. The number of para-hydroxylation sites is 1. The van der Waals surface area contributed by atoms with Gasteiger partial charge in [-0.15, -0.1) is 0 Å². The summed E-state index contributed by atoms with van der Waals surface area (Å²) in [7, 11) is 2.16. The average molecular weight is 409 g/mol. The summed E-state index contributed by atoms with van der Waals surface area (Å²) in [6, 6.07) is 12.2. The minimum Gasteiger partial charge on any atom is -0.386 e. The quantitative estimate of drug-likeness (QED) is 0.824. The second-order valence-corrected chi connectivity index (χ2v) is 9.06. The zero-order valence-corrected chi connectivity index (χ0v) is 18.2. The number of anilines is 2. The SMILES string of the molecule is CN1CCN(c2ccccc2CC2CCN(c3ccc(C(C)(C)O)cn3)C2=O)CC1. The van der Waals surface area contributed by atoms with Gasteiger partial charge in [0.1, 0.15) is 5.82 Å². The number of carbonyl (C=O) groups is 1. The number of benzene rings is 1. The topological polar surface area (TPSA) is 59.9 Å². The van der Waals surface area contributed by atoms with Crippen LogP contribution in [0.5, 0.6) is 0 Å². The van der Waals surface area contributed by atoms with Gasteiger partial charge in [0, 0.05) is 56.1 Å². The second-order valence-electron chi connectivity index (χ2n) is 9.06. The van der Waals surface area contributed by atoms with Gasteiger partial charge in [-0.05, 0) is 51.4 Å². The fraction of sp³-hybridized carbons (Fsp3) is 0.500. The molecule has 2 aliphatic heterocycles. The van der Waals surface area contributed by atoms with Crippen molar-refractivity contribution in [2.75, 3.05) is 49.6 Å². The molecule has 3 heterocycles. The molecule has 0 bridgehead atoms. The number of hydrogen-bond acceptors (Lipinski definition) is 5. The maximum atomic E-state index is 13.1. The number of aliphatic hydroxyl groups is 1. The molecular weight excluding hydrogens is 376 g/mol. The van der Waals surface area contributed by atoms with Gasteiger partial charge in [-0.2, -0.15) is 0 Å². The fourth-order valence-corrected chi connectivity index (χ4v) is 4.37. The third-order valence-corrected chi connectivity index (χ3v) is 6.35. The lowest BCUT2D eigenvalue weighted by atomic mass is 9.96. The van der Waals surface area contributed by atoms with Crippen LogP contribution < -0.4 is 9.80 Å². The van der Waals surface area contributed by atoms with E-state index in [-0.39, 0.29) is 11.8 Å². The van der Waals surface area contributed by atoms with Crippen LogP contribution in [0.4, 0.5) is 11.5 Å². The Morgan fingerprint density at radius 1 is 1.07 bits per heavy atom. The maximum Gasteiger partial charge on any atom is 0.231 e.